The van der Waals surface area contributed by atoms with Crippen LogP contribution in [0.2, 0.25) is 0 Å². The molecule has 0 bridgehead atoms. The second-order valence-corrected chi connectivity index (χ2v) is 6.64. The fourth-order valence-electron chi connectivity index (χ4n) is 3.45. The van der Waals surface area contributed by atoms with Crippen molar-refractivity contribution in [2.45, 2.75) is 18.6 Å². The average Bonchev–Trinajstić information content (AvgIpc) is 3.17. The van der Waals surface area contributed by atoms with E-state index in [0.717, 1.165) is 34.4 Å². The van der Waals surface area contributed by atoms with E-state index in [-0.39, 0.29) is 12.0 Å². The molecule has 1 amide bonds. The molecule has 2 atom stereocenters. The zero-order chi connectivity index (χ0) is 19.3. The molecular formula is C22H21N3O3. The maximum atomic E-state index is 12.6. The van der Waals surface area contributed by atoms with Gasteiger partial charge in [0, 0.05) is 37.1 Å². The Morgan fingerprint density at radius 1 is 1.18 bits per heavy atom. The Labute approximate surface area is 163 Å². The van der Waals surface area contributed by atoms with Gasteiger partial charge in [-0.3, -0.25) is 4.79 Å². The Bertz CT molecular complexity index is 948. The van der Waals surface area contributed by atoms with E-state index < -0.39 is 6.10 Å². The van der Waals surface area contributed by atoms with Crippen molar-refractivity contribution in [3.63, 3.8) is 0 Å². The van der Waals surface area contributed by atoms with Crippen molar-refractivity contribution in [3.8, 4) is 16.9 Å². The molecule has 2 unspecified atom stereocenters. The summed E-state index contributed by atoms with van der Waals surface area (Å²) in [6.45, 7) is 0.408. The van der Waals surface area contributed by atoms with Crippen LogP contribution in [0.1, 0.15) is 17.2 Å². The Balaban J connectivity index is 1.42. The van der Waals surface area contributed by atoms with Gasteiger partial charge in [0.1, 0.15) is 18.2 Å². The highest BCUT2D eigenvalue weighted by molar-refractivity contribution is 5.82. The summed E-state index contributed by atoms with van der Waals surface area (Å²) in [5.74, 6) is 0.660. The zero-order valence-corrected chi connectivity index (χ0v) is 15.5. The number of carbonyl (C=O) groups is 1. The lowest BCUT2D eigenvalue weighted by atomic mass is 10.0. The van der Waals surface area contributed by atoms with E-state index in [4.69, 9.17) is 9.47 Å². The Morgan fingerprint density at radius 2 is 1.96 bits per heavy atom. The second-order valence-electron chi connectivity index (χ2n) is 6.64. The van der Waals surface area contributed by atoms with Gasteiger partial charge in [-0.15, -0.1) is 0 Å². The van der Waals surface area contributed by atoms with Crippen molar-refractivity contribution < 1.29 is 14.3 Å². The van der Waals surface area contributed by atoms with Gasteiger partial charge in [-0.1, -0.05) is 48.5 Å². The molecule has 0 spiro atoms. The quantitative estimate of drug-likeness (QED) is 0.717. The third kappa shape index (κ3) is 3.73. The normalized spacial score (nSPS) is 16.1. The third-order valence-electron chi connectivity index (χ3n) is 4.78. The molecule has 142 valence electrons. The SMILES string of the molecule is COC(C(=O)NCC1Cc2cccc(-c3cncnc3)c2O1)c1ccccc1. The zero-order valence-electron chi connectivity index (χ0n) is 15.5. The van der Waals surface area contributed by atoms with Crippen molar-refractivity contribution >= 4 is 5.91 Å². The van der Waals surface area contributed by atoms with Crippen molar-refractivity contribution in [3.05, 3.63) is 78.4 Å². The molecule has 28 heavy (non-hydrogen) atoms. The monoisotopic (exact) mass is 375 g/mol. The van der Waals surface area contributed by atoms with E-state index in [2.05, 4.69) is 15.3 Å². The fourth-order valence-corrected chi connectivity index (χ4v) is 3.45. The first-order chi connectivity index (χ1) is 13.8. The highest BCUT2D eigenvalue weighted by Gasteiger charge is 2.27. The largest absolute Gasteiger partial charge is 0.487 e. The van der Waals surface area contributed by atoms with Gasteiger partial charge in [-0.2, -0.15) is 0 Å². The van der Waals surface area contributed by atoms with E-state index >= 15 is 0 Å². The van der Waals surface area contributed by atoms with Gasteiger partial charge >= 0.3 is 0 Å². The fraction of sp³-hybridized carbons (Fsp3) is 0.227. The molecule has 0 radical (unpaired) electrons. The van der Waals surface area contributed by atoms with Crippen LogP contribution in [-0.4, -0.2) is 35.6 Å². The van der Waals surface area contributed by atoms with Gasteiger partial charge < -0.3 is 14.8 Å². The molecule has 3 aromatic rings. The average molecular weight is 375 g/mol. The summed E-state index contributed by atoms with van der Waals surface area (Å²) in [6, 6.07) is 15.5. The molecule has 1 aromatic heterocycles. The molecule has 6 heteroatoms. The summed E-state index contributed by atoms with van der Waals surface area (Å²) >= 11 is 0. The lowest BCUT2D eigenvalue weighted by molar-refractivity contribution is -0.131. The molecule has 0 saturated carbocycles. The molecule has 2 aromatic carbocycles. The van der Waals surface area contributed by atoms with Gasteiger partial charge in [0.05, 0.1) is 6.54 Å². The Kier molecular flexibility index (Phi) is 5.30. The van der Waals surface area contributed by atoms with Crippen molar-refractivity contribution in [2.75, 3.05) is 13.7 Å². The first-order valence-corrected chi connectivity index (χ1v) is 9.15. The number of nitrogens with one attached hydrogen (secondary N) is 1. The summed E-state index contributed by atoms with van der Waals surface area (Å²) in [4.78, 5) is 20.8. The number of methoxy groups -OCH3 is 1. The van der Waals surface area contributed by atoms with E-state index in [1.165, 1.54) is 13.4 Å². The van der Waals surface area contributed by atoms with Crippen LogP contribution in [0.5, 0.6) is 5.75 Å². The molecular weight excluding hydrogens is 354 g/mol. The van der Waals surface area contributed by atoms with Crippen LogP contribution < -0.4 is 10.1 Å². The van der Waals surface area contributed by atoms with E-state index in [0.29, 0.717) is 6.54 Å². The lowest BCUT2D eigenvalue weighted by Crippen LogP contribution is -2.37. The van der Waals surface area contributed by atoms with E-state index in [1.807, 2.05) is 48.5 Å². The van der Waals surface area contributed by atoms with E-state index in [9.17, 15) is 4.79 Å². The molecule has 1 N–H and O–H groups in total. The number of hydrogen-bond acceptors (Lipinski definition) is 5. The summed E-state index contributed by atoms with van der Waals surface area (Å²) in [5, 5.41) is 2.95. The minimum atomic E-state index is -0.637. The predicted molar refractivity (Wildman–Crippen MR) is 105 cm³/mol. The number of ether oxygens (including phenoxy) is 2. The topological polar surface area (TPSA) is 73.3 Å². The summed E-state index contributed by atoms with van der Waals surface area (Å²) < 4.78 is 11.5. The Hall–Kier alpha value is -3.25. The minimum absolute atomic E-state index is 0.127. The highest BCUT2D eigenvalue weighted by Crippen LogP contribution is 2.38. The third-order valence-corrected chi connectivity index (χ3v) is 4.78. The van der Waals surface area contributed by atoms with E-state index in [1.54, 1.807) is 12.4 Å². The molecule has 0 fully saturated rings. The van der Waals surface area contributed by atoms with Crippen LogP contribution in [0.15, 0.2) is 67.3 Å². The van der Waals surface area contributed by atoms with Crippen molar-refractivity contribution in [1.82, 2.24) is 15.3 Å². The first kappa shape index (κ1) is 18.1. The smallest absolute Gasteiger partial charge is 0.253 e. The van der Waals surface area contributed by atoms with Gasteiger partial charge in [0.25, 0.3) is 5.91 Å². The van der Waals surface area contributed by atoms with Crippen LogP contribution >= 0.6 is 0 Å². The number of benzene rings is 2. The van der Waals surface area contributed by atoms with Gasteiger partial charge in [-0.25, -0.2) is 9.97 Å². The number of aromatic nitrogens is 2. The number of para-hydroxylation sites is 1. The lowest BCUT2D eigenvalue weighted by Gasteiger charge is -2.18. The van der Waals surface area contributed by atoms with Gasteiger partial charge in [-0.05, 0) is 11.1 Å². The number of fused-ring (bicyclic) bond motifs is 1. The standard InChI is InChI=1S/C22H21N3O3/c1-27-21(15-6-3-2-4-7-15)22(26)25-13-18-10-16-8-5-9-19(20(16)28-18)17-11-23-14-24-12-17/h2-9,11-12,14,18,21H,10,13H2,1H3,(H,25,26). The molecule has 0 aliphatic carbocycles. The van der Waals surface area contributed by atoms with Crippen molar-refractivity contribution in [1.29, 1.82) is 0 Å². The van der Waals surface area contributed by atoms with Crippen LogP contribution in [0.25, 0.3) is 11.1 Å². The number of nitrogens with zero attached hydrogens (tertiary/aromatic N) is 2. The van der Waals surface area contributed by atoms with Crippen molar-refractivity contribution in [2.24, 2.45) is 0 Å². The highest BCUT2D eigenvalue weighted by atomic mass is 16.5. The summed E-state index contributed by atoms with van der Waals surface area (Å²) in [7, 11) is 1.54. The predicted octanol–water partition coefficient (Wildman–Crippen LogP) is 2.95. The van der Waals surface area contributed by atoms with Crippen LogP contribution in [0, 0.1) is 0 Å². The summed E-state index contributed by atoms with van der Waals surface area (Å²) in [5.41, 5.74) is 3.81. The number of amides is 1. The number of hydrogen-bond donors (Lipinski definition) is 1. The van der Waals surface area contributed by atoms with Gasteiger partial charge in [0.2, 0.25) is 0 Å². The number of carbonyl (C=O) groups excluding carboxylic acids is 1. The number of rotatable bonds is 6. The van der Waals surface area contributed by atoms with Crippen LogP contribution in [-0.2, 0) is 16.0 Å². The second kappa shape index (κ2) is 8.19. The minimum Gasteiger partial charge on any atom is -0.487 e. The van der Waals surface area contributed by atoms with Crippen LogP contribution in [0.4, 0.5) is 0 Å². The summed E-state index contributed by atoms with van der Waals surface area (Å²) in [6.07, 6.45) is 5.01. The molecule has 0 saturated heterocycles. The first-order valence-electron chi connectivity index (χ1n) is 9.15. The van der Waals surface area contributed by atoms with Crippen LogP contribution in [0.3, 0.4) is 0 Å². The molecule has 6 nitrogen and oxygen atoms in total. The molecule has 1 aliphatic heterocycles. The maximum absolute atomic E-state index is 12.6. The molecule has 2 heterocycles. The molecule has 1 aliphatic rings. The maximum Gasteiger partial charge on any atom is 0.253 e. The van der Waals surface area contributed by atoms with Gasteiger partial charge in [0.15, 0.2) is 6.10 Å². The molecule has 4 rings (SSSR count). The Morgan fingerprint density at radius 3 is 2.71 bits per heavy atom.